The molecule has 12 heteroatoms. The molecule has 1 aliphatic rings. The Morgan fingerprint density at radius 1 is 1.12 bits per heavy atom. The Kier molecular flexibility index (Phi) is 8.90. The Bertz CT molecular complexity index is 1420. The van der Waals surface area contributed by atoms with Crippen LogP contribution in [-0.2, 0) is 9.53 Å². The summed E-state index contributed by atoms with van der Waals surface area (Å²) in [4.78, 5) is 41.5. The molecule has 1 fully saturated rings. The number of nitrogens with one attached hydrogen (secondary N) is 1. The van der Waals surface area contributed by atoms with Crippen LogP contribution in [0.3, 0.4) is 0 Å². The van der Waals surface area contributed by atoms with E-state index < -0.39 is 23.8 Å². The predicted molar refractivity (Wildman–Crippen MR) is 152 cm³/mol. The molecule has 11 nitrogen and oxygen atoms in total. The third-order valence-corrected chi connectivity index (χ3v) is 7.75. The van der Waals surface area contributed by atoms with Crippen LogP contribution in [0.25, 0.3) is 0 Å². The van der Waals surface area contributed by atoms with Gasteiger partial charge in [0.1, 0.15) is 10.9 Å². The second kappa shape index (κ2) is 12.3. The largest absolute Gasteiger partial charge is 0.493 e. The number of nitrogens with two attached hydrogens (primary N) is 2. The van der Waals surface area contributed by atoms with E-state index in [0.29, 0.717) is 29.4 Å². The fourth-order valence-electron chi connectivity index (χ4n) is 4.55. The number of amides is 3. The molecule has 5 N–H and O–H groups in total. The number of methoxy groups -OCH3 is 2. The lowest BCUT2D eigenvalue weighted by Crippen LogP contribution is -2.45. The van der Waals surface area contributed by atoms with Gasteiger partial charge in [-0.1, -0.05) is 12.1 Å². The summed E-state index contributed by atoms with van der Waals surface area (Å²) in [6, 6.07) is 9.31. The molecule has 1 aliphatic heterocycles. The second-order valence-electron chi connectivity index (χ2n) is 9.48. The lowest BCUT2D eigenvalue weighted by Gasteiger charge is -2.32. The highest BCUT2D eigenvalue weighted by Crippen LogP contribution is 2.37. The van der Waals surface area contributed by atoms with Crippen molar-refractivity contribution in [3.63, 3.8) is 0 Å². The van der Waals surface area contributed by atoms with Gasteiger partial charge in [-0.05, 0) is 79.2 Å². The Labute approximate surface area is 236 Å². The number of benzene rings is 2. The molecule has 40 heavy (non-hydrogen) atoms. The lowest BCUT2D eigenvalue weighted by molar-refractivity contribution is -0.123. The first-order valence-corrected chi connectivity index (χ1v) is 13.5. The van der Waals surface area contributed by atoms with Gasteiger partial charge in [0.2, 0.25) is 5.91 Å². The van der Waals surface area contributed by atoms with Gasteiger partial charge in [-0.25, -0.2) is 0 Å². The van der Waals surface area contributed by atoms with Gasteiger partial charge in [0.25, 0.3) is 11.8 Å². The maximum absolute atomic E-state index is 14.3. The molecule has 1 aromatic heterocycles. The summed E-state index contributed by atoms with van der Waals surface area (Å²) in [7, 11) is 3.00. The third kappa shape index (κ3) is 5.87. The van der Waals surface area contributed by atoms with Gasteiger partial charge in [-0.15, -0.1) is 0 Å². The SMILES string of the molecule is COc1ccc(C(C(=O)NCC2CCCO2)N(C(=O)c2snc(C(N)=O)c2N)c2ccc(C)c(C)c2)cc1OC. The zero-order chi connectivity index (χ0) is 29.0. The number of carbonyl (C=O) groups is 3. The molecule has 2 atom stereocenters. The number of aryl methyl sites for hydroxylation is 2. The quantitative estimate of drug-likeness (QED) is 0.337. The Balaban J connectivity index is 1.88. The lowest BCUT2D eigenvalue weighted by atomic mass is 10.0. The predicted octanol–water partition coefficient (Wildman–Crippen LogP) is 3.14. The van der Waals surface area contributed by atoms with E-state index in [1.807, 2.05) is 26.0 Å². The van der Waals surface area contributed by atoms with E-state index in [2.05, 4.69) is 9.69 Å². The summed E-state index contributed by atoms with van der Waals surface area (Å²) in [5.41, 5.74) is 14.1. The monoisotopic (exact) mass is 567 g/mol. The van der Waals surface area contributed by atoms with Crippen molar-refractivity contribution < 1.29 is 28.6 Å². The van der Waals surface area contributed by atoms with Gasteiger partial charge in [0, 0.05) is 18.8 Å². The minimum absolute atomic E-state index is 0.00979. The van der Waals surface area contributed by atoms with Crippen molar-refractivity contribution in [3.8, 4) is 11.5 Å². The third-order valence-electron chi connectivity index (χ3n) is 6.90. The molecule has 0 bridgehead atoms. The number of hydrogen-bond acceptors (Lipinski definition) is 9. The van der Waals surface area contributed by atoms with Crippen LogP contribution in [0, 0.1) is 13.8 Å². The highest BCUT2D eigenvalue weighted by atomic mass is 32.1. The van der Waals surface area contributed by atoms with Crippen molar-refractivity contribution in [3.05, 3.63) is 63.7 Å². The van der Waals surface area contributed by atoms with Crippen molar-refractivity contribution in [2.24, 2.45) is 5.73 Å². The number of anilines is 2. The first-order chi connectivity index (χ1) is 19.2. The smallest absolute Gasteiger partial charge is 0.273 e. The summed E-state index contributed by atoms with van der Waals surface area (Å²) in [6.07, 6.45) is 1.63. The fraction of sp³-hybridized carbons (Fsp3) is 0.357. The zero-order valence-electron chi connectivity index (χ0n) is 22.9. The van der Waals surface area contributed by atoms with E-state index in [1.165, 1.54) is 19.1 Å². The molecule has 212 valence electrons. The first-order valence-electron chi connectivity index (χ1n) is 12.7. The van der Waals surface area contributed by atoms with Gasteiger partial charge >= 0.3 is 0 Å². The summed E-state index contributed by atoms with van der Waals surface area (Å²) >= 11 is 0.751. The molecule has 2 heterocycles. The van der Waals surface area contributed by atoms with Crippen LogP contribution in [0.4, 0.5) is 11.4 Å². The van der Waals surface area contributed by atoms with Gasteiger partial charge < -0.3 is 31.0 Å². The second-order valence-corrected chi connectivity index (χ2v) is 10.3. The van der Waals surface area contributed by atoms with Crippen LogP contribution in [0.1, 0.15) is 55.7 Å². The van der Waals surface area contributed by atoms with Crippen LogP contribution in [0.15, 0.2) is 36.4 Å². The van der Waals surface area contributed by atoms with Crippen molar-refractivity contribution in [2.45, 2.75) is 38.8 Å². The van der Waals surface area contributed by atoms with E-state index in [4.69, 9.17) is 25.7 Å². The number of hydrogen-bond donors (Lipinski definition) is 3. The Hall–Kier alpha value is -4.16. The van der Waals surface area contributed by atoms with Crippen molar-refractivity contribution in [1.82, 2.24) is 9.69 Å². The van der Waals surface area contributed by atoms with Gasteiger partial charge in [0.15, 0.2) is 17.2 Å². The van der Waals surface area contributed by atoms with Crippen molar-refractivity contribution in [2.75, 3.05) is 38.0 Å². The molecule has 0 aliphatic carbocycles. The molecule has 2 aromatic carbocycles. The van der Waals surface area contributed by atoms with Gasteiger partial charge in [-0.2, -0.15) is 4.37 Å². The summed E-state index contributed by atoms with van der Waals surface area (Å²) in [5, 5.41) is 2.96. The molecular weight excluding hydrogens is 534 g/mol. The number of carbonyl (C=O) groups excluding carboxylic acids is 3. The standard InChI is InChI=1S/C28H33N5O6S/c1-15-7-9-18(12-16(15)2)33(28(36)25-22(29)23(26(30)34)32-40-25)24(27(35)31-14-19-6-5-11-39-19)17-8-10-20(37-3)21(13-17)38-4/h7-10,12-13,19,24H,5-6,11,14,29H2,1-4H3,(H2,30,34)(H,31,35). The van der Waals surface area contributed by atoms with E-state index >= 15 is 0 Å². The van der Waals surface area contributed by atoms with Crippen LogP contribution < -0.4 is 31.2 Å². The molecule has 0 saturated carbocycles. The molecule has 2 unspecified atom stereocenters. The number of primary amides is 1. The van der Waals surface area contributed by atoms with E-state index in [0.717, 1.165) is 35.5 Å². The fourth-order valence-corrected chi connectivity index (χ4v) is 5.30. The molecule has 1 saturated heterocycles. The average Bonchev–Trinajstić information content (AvgIpc) is 3.61. The van der Waals surface area contributed by atoms with Crippen LogP contribution in [0.2, 0.25) is 0 Å². The highest BCUT2D eigenvalue weighted by molar-refractivity contribution is 7.09. The normalized spacial score (nSPS) is 15.3. The number of aromatic nitrogens is 1. The summed E-state index contributed by atoms with van der Waals surface area (Å²) < 4.78 is 20.6. The molecule has 4 rings (SSSR count). The number of nitrogen functional groups attached to an aromatic ring is 1. The van der Waals surface area contributed by atoms with Gasteiger partial charge in [0.05, 0.1) is 26.0 Å². The number of ether oxygens (including phenoxy) is 3. The highest BCUT2D eigenvalue weighted by Gasteiger charge is 2.37. The maximum atomic E-state index is 14.3. The molecule has 3 amide bonds. The van der Waals surface area contributed by atoms with Crippen molar-refractivity contribution in [1.29, 1.82) is 0 Å². The van der Waals surface area contributed by atoms with E-state index in [1.54, 1.807) is 24.3 Å². The maximum Gasteiger partial charge on any atom is 0.273 e. The van der Waals surface area contributed by atoms with Gasteiger partial charge in [-0.3, -0.25) is 19.3 Å². The first kappa shape index (κ1) is 28.8. The zero-order valence-corrected chi connectivity index (χ0v) is 23.7. The van der Waals surface area contributed by atoms with Crippen LogP contribution in [0.5, 0.6) is 11.5 Å². The Morgan fingerprint density at radius 3 is 2.48 bits per heavy atom. The topological polar surface area (TPSA) is 159 Å². The Morgan fingerprint density at radius 2 is 1.88 bits per heavy atom. The number of nitrogens with zero attached hydrogens (tertiary/aromatic N) is 2. The minimum Gasteiger partial charge on any atom is -0.493 e. The average molecular weight is 568 g/mol. The molecule has 0 spiro atoms. The summed E-state index contributed by atoms with van der Waals surface area (Å²) in [5.74, 6) is -1.05. The molecule has 0 radical (unpaired) electrons. The van der Waals surface area contributed by atoms with Crippen molar-refractivity contribution >= 4 is 40.6 Å². The number of rotatable bonds is 10. The van der Waals surface area contributed by atoms with E-state index in [9.17, 15) is 14.4 Å². The minimum atomic E-state index is -1.16. The summed E-state index contributed by atoms with van der Waals surface area (Å²) in [6.45, 7) is 4.79. The van der Waals surface area contributed by atoms with E-state index in [-0.39, 0.29) is 28.9 Å². The molecule has 3 aromatic rings. The molecular formula is C28H33N5O6S. The van der Waals surface area contributed by atoms with Crippen LogP contribution in [-0.4, -0.2) is 55.6 Å². The van der Waals surface area contributed by atoms with Crippen LogP contribution >= 0.6 is 11.5 Å².